The molecule has 1 unspecified atom stereocenters. The molecule has 1 aliphatic rings. The van der Waals surface area contributed by atoms with Crippen molar-refractivity contribution in [3.8, 4) is 0 Å². The van der Waals surface area contributed by atoms with Crippen LogP contribution in [0.2, 0.25) is 0 Å². The second-order valence-electron chi connectivity index (χ2n) is 4.84. The van der Waals surface area contributed by atoms with E-state index in [1.807, 2.05) is 6.92 Å². The molecule has 1 aliphatic carbocycles. The number of aromatic nitrogens is 2. The van der Waals surface area contributed by atoms with Crippen molar-refractivity contribution in [1.29, 1.82) is 0 Å². The molecule has 6 heteroatoms. The summed E-state index contributed by atoms with van der Waals surface area (Å²) in [6, 6.07) is -0.301. The van der Waals surface area contributed by atoms with E-state index >= 15 is 0 Å². The van der Waals surface area contributed by atoms with Gasteiger partial charge in [-0.3, -0.25) is 0 Å². The number of aryl methyl sites for hydroxylation is 1. The van der Waals surface area contributed by atoms with Gasteiger partial charge >= 0.3 is 0 Å². The molecule has 0 radical (unpaired) electrons. The molecule has 0 amide bonds. The van der Waals surface area contributed by atoms with Gasteiger partial charge in [-0.1, -0.05) is 5.16 Å². The number of hydrogen-bond acceptors (Lipinski definition) is 6. The maximum Gasteiger partial charge on any atom is 0.226 e. The minimum absolute atomic E-state index is 0.301. The lowest BCUT2D eigenvalue weighted by Crippen LogP contribution is -2.27. The van der Waals surface area contributed by atoms with E-state index in [9.17, 15) is 0 Å². The summed E-state index contributed by atoms with van der Waals surface area (Å²) in [4.78, 5) is 4.29. The van der Waals surface area contributed by atoms with E-state index in [0.717, 1.165) is 32.3 Å². The van der Waals surface area contributed by atoms with Crippen molar-refractivity contribution >= 4 is 0 Å². The molecule has 19 heavy (non-hydrogen) atoms. The van der Waals surface area contributed by atoms with Gasteiger partial charge in [0.1, 0.15) is 0 Å². The van der Waals surface area contributed by atoms with Crippen molar-refractivity contribution < 1.29 is 14.0 Å². The molecule has 108 valence electrons. The van der Waals surface area contributed by atoms with Gasteiger partial charge in [0.05, 0.1) is 18.8 Å². The van der Waals surface area contributed by atoms with Gasteiger partial charge in [-0.25, -0.2) is 0 Å². The smallest absolute Gasteiger partial charge is 0.226 e. The summed E-state index contributed by atoms with van der Waals surface area (Å²) in [7, 11) is 0. The highest BCUT2D eigenvalue weighted by Crippen LogP contribution is 2.22. The Morgan fingerprint density at radius 1 is 1.47 bits per heavy atom. The van der Waals surface area contributed by atoms with Crippen LogP contribution in [0.3, 0.4) is 0 Å². The molecule has 0 spiro atoms. The minimum Gasteiger partial charge on any atom is -0.382 e. The maximum absolute atomic E-state index is 5.98. The van der Waals surface area contributed by atoms with Crippen LogP contribution in [0.5, 0.6) is 0 Å². The Kier molecular flexibility index (Phi) is 5.75. The molecule has 2 rings (SSSR count). The van der Waals surface area contributed by atoms with Gasteiger partial charge in [0, 0.05) is 19.6 Å². The molecule has 1 saturated carbocycles. The third kappa shape index (κ3) is 4.56. The molecule has 1 fully saturated rings. The van der Waals surface area contributed by atoms with E-state index in [1.54, 1.807) is 0 Å². The molecule has 1 atom stereocenters. The lowest BCUT2D eigenvalue weighted by atomic mass is 9.96. The summed E-state index contributed by atoms with van der Waals surface area (Å²) in [6.45, 7) is 3.89. The van der Waals surface area contributed by atoms with Crippen molar-refractivity contribution in [1.82, 2.24) is 10.1 Å². The highest BCUT2D eigenvalue weighted by Gasteiger charge is 2.21. The van der Waals surface area contributed by atoms with Crippen LogP contribution in [0.4, 0.5) is 0 Å². The Morgan fingerprint density at radius 3 is 3.00 bits per heavy atom. The van der Waals surface area contributed by atoms with Crippen molar-refractivity contribution in [3.05, 3.63) is 11.7 Å². The highest BCUT2D eigenvalue weighted by molar-refractivity contribution is 4.93. The highest BCUT2D eigenvalue weighted by atomic mass is 16.5. The van der Waals surface area contributed by atoms with Gasteiger partial charge in [-0.05, 0) is 32.6 Å². The van der Waals surface area contributed by atoms with Crippen molar-refractivity contribution in [2.45, 2.75) is 51.2 Å². The third-order valence-electron chi connectivity index (χ3n) is 3.26. The molecular weight excluding hydrogens is 246 g/mol. The molecule has 1 aromatic rings. The standard InChI is InChI=1S/C13H23N3O3/c1-2-17-8-4-7-12-15-13(16-19-12)11(14)9-18-10-5-3-6-10/h10-11H,2-9,14H2,1H3. The minimum atomic E-state index is -0.301. The van der Waals surface area contributed by atoms with E-state index in [2.05, 4.69) is 10.1 Å². The molecule has 2 N–H and O–H groups in total. The molecule has 1 aromatic heterocycles. The first-order valence-electron chi connectivity index (χ1n) is 7.07. The Balaban J connectivity index is 1.69. The second-order valence-corrected chi connectivity index (χ2v) is 4.84. The Bertz CT molecular complexity index is 366. The number of ether oxygens (including phenoxy) is 2. The average Bonchev–Trinajstić information content (AvgIpc) is 2.81. The van der Waals surface area contributed by atoms with Gasteiger partial charge in [0.2, 0.25) is 5.89 Å². The predicted octanol–water partition coefficient (Wildman–Crippen LogP) is 1.61. The summed E-state index contributed by atoms with van der Waals surface area (Å²) in [5.74, 6) is 1.15. The summed E-state index contributed by atoms with van der Waals surface area (Å²) < 4.78 is 16.1. The van der Waals surface area contributed by atoms with Crippen LogP contribution in [0.1, 0.15) is 50.4 Å². The summed E-state index contributed by atoms with van der Waals surface area (Å²) in [6.07, 6.45) is 5.52. The number of hydrogen-bond donors (Lipinski definition) is 1. The number of nitrogens with two attached hydrogens (primary N) is 1. The van der Waals surface area contributed by atoms with Crippen LogP contribution < -0.4 is 5.73 Å². The van der Waals surface area contributed by atoms with Gasteiger partial charge < -0.3 is 19.7 Å². The van der Waals surface area contributed by atoms with Crippen LogP contribution in [-0.2, 0) is 15.9 Å². The zero-order valence-corrected chi connectivity index (χ0v) is 11.5. The fourth-order valence-electron chi connectivity index (χ4n) is 1.84. The zero-order valence-electron chi connectivity index (χ0n) is 11.5. The van der Waals surface area contributed by atoms with Gasteiger partial charge in [0.25, 0.3) is 0 Å². The molecule has 0 saturated heterocycles. The normalized spacial score (nSPS) is 17.4. The van der Waals surface area contributed by atoms with Crippen LogP contribution in [-0.4, -0.2) is 36.1 Å². The molecule has 1 heterocycles. The first-order valence-corrected chi connectivity index (χ1v) is 7.07. The molecular formula is C13H23N3O3. The van der Waals surface area contributed by atoms with E-state index in [4.69, 9.17) is 19.7 Å². The van der Waals surface area contributed by atoms with Crippen LogP contribution in [0.25, 0.3) is 0 Å². The summed E-state index contributed by atoms with van der Waals surface area (Å²) >= 11 is 0. The molecule has 6 nitrogen and oxygen atoms in total. The molecule has 0 aromatic carbocycles. The van der Waals surface area contributed by atoms with Crippen molar-refractivity contribution in [3.63, 3.8) is 0 Å². The van der Waals surface area contributed by atoms with Gasteiger partial charge in [-0.15, -0.1) is 0 Å². The first-order chi connectivity index (χ1) is 9.29. The van der Waals surface area contributed by atoms with E-state index in [1.165, 1.54) is 6.42 Å². The summed E-state index contributed by atoms with van der Waals surface area (Å²) in [5.41, 5.74) is 5.98. The van der Waals surface area contributed by atoms with Crippen molar-refractivity contribution in [2.75, 3.05) is 19.8 Å². The Hall–Kier alpha value is -0.980. The summed E-state index contributed by atoms with van der Waals surface area (Å²) in [5, 5.41) is 3.90. The largest absolute Gasteiger partial charge is 0.382 e. The van der Waals surface area contributed by atoms with Crippen LogP contribution >= 0.6 is 0 Å². The molecule has 0 bridgehead atoms. The van der Waals surface area contributed by atoms with E-state index in [0.29, 0.717) is 31.0 Å². The zero-order chi connectivity index (χ0) is 13.5. The number of nitrogens with zero attached hydrogens (tertiary/aromatic N) is 2. The second kappa shape index (κ2) is 7.57. The Morgan fingerprint density at radius 2 is 2.32 bits per heavy atom. The van der Waals surface area contributed by atoms with Gasteiger partial charge in [0.15, 0.2) is 5.82 Å². The predicted molar refractivity (Wildman–Crippen MR) is 69.6 cm³/mol. The number of rotatable bonds is 9. The third-order valence-corrected chi connectivity index (χ3v) is 3.26. The fourth-order valence-corrected chi connectivity index (χ4v) is 1.84. The van der Waals surface area contributed by atoms with E-state index < -0.39 is 0 Å². The SMILES string of the molecule is CCOCCCc1nc(C(N)COC2CCC2)no1. The average molecular weight is 269 g/mol. The van der Waals surface area contributed by atoms with Crippen LogP contribution in [0.15, 0.2) is 4.52 Å². The van der Waals surface area contributed by atoms with Gasteiger partial charge in [-0.2, -0.15) is 4.98 Å². The van der Waals surface area contributed by atoms with Crippen LogP contribution in [0, 0.1) is 0 Å². The van der Waals surface area contributed by atoms with E-state index in [-0.39, 0.29) is 6.04 Å². The molecule has 0 aliphatic heterocycles. The maximum atomic E-state index is 5.98. The lowest BCUT2D eigenvalue weighted by Gasteiger charge is -2.26. The first kappa shape index (κ1) is 14.4. The van der Waals surface area contributed by atoms with Crippen molar-refractivity contribution in [2.24, 2.45) is 5.73 Å². The quantitative estimate of drug-likeness (QED) is 0.686. The monoisotopic (exact) mass is 269 g/mol. The fraction of sp³-hybridized carbons (Fsp3) is 0.846. The Labute approximate surface area is 113 Å². The lowest BCUT2D eigenvalue weighted by molar-refractivity contribution is -0.00549. The topological polar surface area (TPSA) is 83.4 Å².